The zero-order chi connectivity index (χ0) is 13.8. The van der Waals surface area contributed by atoms with Crippen LogP contribution in [-0.4, -0.2) is 11.2 Å². The minimum Gasteiger partial charge on any atom is -0.492 e. The summed E-state index contributed by atoms with van der Waals surface area (Å²) in [7, 11) is 0. The molecule has 19 heavy (non-hydrogen) atoms. The molecule has 0 bridgehead atoms. The monoisotopic (exact) mass is 449 g/mol. The Balaban J connectivity index is 2.00. The molecule has 0 atom stereocenters. The van der Waals surface area contributed by atoms with Gasteiger partial charge in [0.05, 0.1) is 11.0 Å². The molecule has 1 aromatic heterocycles. The fourth-order valence-electron chi connectivity index (χ4n) is 1.52. The molecular formula is C13H10Br3NO2. The molecule has 0 aliphatic rings. The highest BCUT2D eigenvalue weighted by molar-refractivity contribution is 9.11. The summed E-state index contributed by atoms with van der Waals surface area (Å²) in [6.07, 6.45) is 1.75. The number of ether oxygens (including phenoxy) is 1. The summed E-state index contributed by atoms with van der Waals surface area (Å²) in [5.74, 6) is 0.783. The maximum Gasteiger partial charge on any atom is 0.265 e. The van der Waals surface area contributed by atoms with Gasteiger partial charge in [0.1, 0.15) is 12.4 Å². The summed E-state index contributed by atoms with van der Waals surface area (Å²) in [5.41, 5.74) is -0.0670. The Morgan fingerprint density at radius 2 is 1.74 bits per heavy atom. The smallest absolute Gasteiger partial charge is 0.265 e. The number of aromatic nitrogens is 1. The summed E-state index contributed by atoms with van der Waals surface area (Å²) >= 11 is 9.95. The lowest BCUT2D eigenvalue weighted by Gasteiger charge is -2.09. The Kier molecular flexibility index (Phi) is 5.24. The zero-order valence-corrected chi connectivity index (χ0v) is 14.5. The van der Waals surface area contributed by atoms with Gasteiger partial charge in [-0.3, -0.25) is 4.79 Å². The van der Waals surface area contributed by atoms with Crippen molar-refractivity contribution in [1.82, 2.24) is 4.57 Å². The average Bonchev–Trinajstić information content (AvgIpc) is 2.37. The Morgan fingerprint density at radius 1 is 1.05 bits per heavy atom. The molecule has 2 rings (SSSR count). The van der Waals surface area contributed by atoms with E-state index in [1.54, 1.807) is 16.8 Å². The van der Waals surface area contributed by atoms with Gasteiger partial charge in [-0.15, -0.1) is 0 Å². The maximum absolute atomic E-state index is 11.8. The van der Waals surface area contributed by atoms with Crippen molar-refractivity contribution in [2.45, 2.75) is 6.54 Å². The van der Waals surface area contributed by atoms with Crippen LogP contribution in [0.4, 0.5) is 0 Å². The topological polar surface area (TPSA) is 31.2 Å². The standard InChI is InChI=1S/C13H10Br3NO2/c14-9-1-3-11(4-2-9)19-6-5-17-8-10(15)7-12(16)13(17)18/h1-4,7-8H,5-6H2. The van der Waals surface area contributed by atoms with E-state index in [2.05, 4.69) is 47.8 Å². The number of hydrogen-bond acceptors (Lipinski definition) is 2. The number of halogens is 3. The molecule has 0 unspecified atom stereocenters. The minimum atomic E-state index is -0.0670. The normalized spacial score (nSPS) is 10.5. The lowest BCUT2D eigenvalue weighted by molar-refractivity contribution is 0.296. The van der Waals surface area contributed by atoms with Crippen LogP contribution in [0, 0.1) is 0 Å². The summed E-state index contributed by atoms with van der Waals surface area (Å²) in [6, 6.07) is 9.32. The van der Waals surface area contributed by atoms with E-state index in [9.17, 15) is 4.79 Å². The average molecular weight is 452 g/mol. The van der Waals surface area contributed by atoms with Crippen LogP contribution in [0.5, 0.6) is 5.75 Å². The largest absolute Gasteiger partial charge is 0.492 e. The van der Waals surface area contributed by atoms with Gasteiger partial charge >= 0.3 is 0 Å². The van der Waals surface area contributed by atoms with Crippen molar-refractivity contribution in [1.29, 1.82) is 0 Å². The van der Waals surface area contributed by atoms with Crippen LogP contribution in [0.2, 0.25) is 0 Å². The van der Waals surface area contributed by atoms with Crippen LogP contribution >= 0.6 is 47.8 Å². The van der Waals surface area contributed by atoms with Crippen molar-refractivity contribution in [3.8, 4) is 5.75 Å². The number of benzene rings is 1. The van der Waals surface area contributed by atoms with E-state index in [0.717, 1.165) is 14.7 Å². The van der Waals surface area contributed by atoms with E-state index in [0.29, 0.717) is 17.6 Å². The molecule has 1 aromatic carbocycles. The highest BCUT2D eigenvalue weighted by Gasteiger charge is 2.03. The molecule has 0 saturated heterocycles. The quantitative estimate of drug-likeness (QED) is 0.697. The molecule has 6 heteroatoms. The van der Waals surface area contributed by atoms with Crippen molar-refractivity contribution in [3.05, 3.63) is 60.3 Å². The molecule has 0 fully saturated rings. The molecule has 0 amide bonds. The van der Waals surface area contributed by atoms with Gasteiger partial charge in [-0.2, -0.15) is 0 Å². The van der Waals surface area contributed by atoms with Crippen LogP contribution < -0.4 is 10.3 Å². The first-order chi connectivity index (χ1) is 9.06. The maximum atomic E-state index is 11.8. The van der Waals surface area contributed by atoms with Gasteiger partial charge in [-0.1, -0.05) is 15.9 Å². The molecule has 1 heterocycles. The fourth-order valence-corrected chi connectivity index (χ4v) is 3.05. The number of rotatable bonds is 4. The van der Waals surface area contributed by atoms with Crippen LogP contribution in [0.15, 0.2) is 54.7 Å². The molecule has 0 aliphatic carbocycles. The predicted molar refractivity (Wildman–Crippen MR) is 85.7 cm³/mol. The highest BCUT2D eigenvalue weighted by Crippen LogP contribution is 2.16. The second kappa shape index (κ2) is 6.72. The summed E-state index contributed by atoms with van der Waals surface area (Å²) in [4.78, 5) is 11.8. The SMILES string of the molecule is O=c1c(Br)cc(Br)cn1CCOc1ccc(Br)cc1. The molecular weight excluding hydrogens is 442 g/mol. The Bertz CT molecular complexity index is 623. The minimum absolute atomic E-state index is 0.0670. The second-order valence-corrected chi connectivity index (χ2v) is 6.49. The molecule has 0 saturated carbocycles. The molecule has 100 valence electrons. The van der Waals surface area contributed by atoms with Crippen LogP contribution in [0.1, 0.15) is 0 Å². The third-order valence-electron chi connectivity index (χ3n) is 2.42. The molecule has 3 nitrogen and oxygen atoms in total. The Labute approximate surface area is 136 Å². The van der Waals surface area contributed by atoms with Gasteiger partial charge < -0.3 is 9.30 Å². The first-order valence-electron chi connectivity index (χ1n) is 5.50. The molecule has 0 spiro atoms. The van der Waals surface area contributed by atoms with Crippen molar-refractivity contribution in [2.75, 3.05) is 6.61 Å². The molecule has 0 radical (unpaired) electrons. The van der Waals surface area contributed by atoms with E-state index < -0.39 is 0 Å². The number of hydrogen-bond donors (Lipinski definition) is 0. The molecule has 0 aliphatic heterocycles. The second-order valence-electron chi connectivity index (χ2n) is 3.81. The Morgan fingerprint density at radius 3 is 2.42 bits per heavy atom. The molecule has 2 aromatic rings. The zero-order valence-electron chi connectivity index (χ0n) is 9.78. The van der Waals surface area contributed by atoms with E-state index >= 15 is 0 Å². The van der Waals surface area contributed by atoms with E-state index in [1.165, 1.54) is 0 Å². The van der Waals surface area contributed by atoms with Gasteiger partial charge in [0.25, 0.3) is 5.56 Å². The van der Waals surface area contributed by atoms with Crippen LogP contribution in [0.3, 0.4) is 0 Å². The predicted octanol–water partition coefficient (Wildman–Crippen LogP) is 4.21. The highest BCUT2D eigenvalue weighted by atomic mass is 79.9. The van der Waals surface area contributed by atoms with Crippen molar-refractivity contribution >= 4 is 47.8 Å². The number of nitrogens with zero attached hydrogens (tertiary/aromatic N) is 1. The van der Waals surface area contributed by atoms with Crippen molar-refractivity contribution in [2.24, 2.45) is 0 Å². The third kappa shape index (κ3) is 4.19. The van der Waals surface area contributed by atoms with Gasteiger partial charge in [-0.25, -0.2) is 0 Å². The lowest BCUT2D eigenvalue weighted by Crippen LogP contribution is -2.23. The van der Waals surface area contributed by atoms with E-state index in [4.69, 9.17) is 4.74 Å². The third-order valence-corrected chi connectivity index (χ3v) is 3.95. The van der Waals surface area contributed by atoms with Gasteiger partial charge in [0.2, 0.25) is 0 Å². The van der Waals surface area contributed by atoms with Crippen molar-refractivity contribution < 1.29 is 4.74 Å². The van der Waals surface area contributed by atoms with Gasteiger partial charge in [-0.05, 0) is 62.2 Å². The van der Waals surface area contributed by atoms with Gasteiger partial charge in [0.15, 0.2) is 0 Å². The van der Waals surface area contributed by atoms with E-state index in [1.807, 2.05) is 24.3 Å². The Hall–Kier alpha value is -0.590. The summed E-state index contributed by atoms with van der Waals surface area (Å²) < 4.78 is 9.58. The van der Waals surface area contributed by atoms with E-state index in [-0.39, 0.29) is 5.56 Å². The first kappa shape index (κ1) is 14.8. The van der Waals surface area contributed by atoms with Crippen LogP contribution in [0.25, 0.3) is 0 Å². The van der Waals surface area contributed by atoms with Gasteiger partial charge in [0, 0.05) is 15.1 Å². The van der Waals surface area contributed by atoms with Crippen molar-refractivity contribution in [3.63, 3.8) is 0 Å². The lowest BCUT2D eigenvalue weighted by atomic mass is 10.3. The van der Waals surface area contributed by atoms with Crippen LogP contribution in [-0.2, 0) is 6.54 Å². The molecule has 0 N–H and O–H groups in total. The summed E-state index contributed by atoms with van der Waals surface area (Å²) in [5, 5.41) is 0. The first-order valence-corrected chi connectivity index (χ1v) is 7.88. The fraction of sp³-hybridized carbons (Fsp3) is 0.154. The summed E-state index contributed by atoms with van der Waals surface area (Å²) in [6.45, 7) is 0.928. The number of pyridine rings is 1.